The summed E-state index contributed by atoms with van der Waals surface area (Å²) in [5.74, 6) is 0.610. The summed E-state index contributed by atoms with van der Waals surface area (Å²) in [6.07, 6.45) is -0.00361. The van der Waals surface area contributed by atoms with E-state index in [0.717, 1.165) is 0 Å². The first kappa shape index (κ1) is 17.7. The van der Waals surface area contributed by atoms with Gasteiger partial charge in [0.2, 0.25) is 0 Å². The molecule has 0 saturated carbocycles. The van der Waals surface area contributed by atoms with Gasteiger partial charge >= 0.3 is 12.0 Å². The molecule has 0 aromatic heterocycles. The molecule has 0 aliphatic carbocycles. The summed E-state index contributed by atoms with van der Waals surface area (Å²) < 4.78 is 15.9. The molecule has 2 amide bonds. The summed E-state index contributed by atoms with van der Waals surface area (Å²) in [7, 11) is 2.84. The van der Waals surface area contributed by atoms with Gasteiger partial charge in [0.1, 0.15) is 0 Å². The lowest BCUT2D eigenvalue weighted by atomic mass is 9.95. The van der Waals surface area contributed by atoms with Crippen LogP contribution in [0.15, 0.2) is 29.5 Å². The molecule has 1 aliphatic rings. The third-order valence-electron chi connectivity index (χ3n) is 3.56. The first-order valence-corrected chi connectivity index (χ1v) is 7.58. The Labute approximate surface area is 141 Å². The highest BCUT2D eigenvalue weighted by atomic mass is 16.5. The minimum Gasteiger partial charge on any atom is -0.493 e. The molecule has 7 nitrogen and oxygen atoms in total. The van der Waals surface area contributed by atoms with Crippen LogP contribution in [-0.2, 0) is 9.53 Å². The largest absolute Gasteiger partial charge is 0.493 e. The zero-order chi connectivity index (χ0) is 17.9. The van der Waals surface area contributed by atoms with E-state index in [9.17, 15) is 9.59 Å². The fourth-order valence-electron chi connectivity index (χ4n) is 2.54. The van der Waals surface area contributed by atoms with Gasteiger partial charge in [0.25, 0.3) is 0 Å². The van der Waals surface area contributed by atoms with Gasteiger partial charge in [-0.1, -0.05) is 6.07 Å². The maximum atomic E-state index is 12.1. The molecule has 1 aromatic carbocycles. The highest BCUT2D eigenvalue weighted by molar-refractivity contribution is 5.94. The summed E-state index contributed by atoms with van der Waals surface area (Å²) in [5.41, 5.74) is 1.49. The van der Waals surface area contributed by atoms with E-state index in [-0.39, 0.29) is 12.1 Å². The monoisotopic (exact) mass is 334 g/mol. The quantitative estimate of drug-likeness (QED) is 0.807. The Hall–Kier alpha value is -2.70. The summed E-state index contributed by atoms with van der Waals surface area (Å²) in [6.45, 7) is 5.50. The Balaban J connectivity index is 2.46. The number of hydrogen-bond acceptors (Lipinski definition) is 5. The molecule has 0 fully saturated rings. The van der Waals surface area contributed by atoms with Crippen molar-refractivity contribution in [1.82, 2.24) is 10.6 Å². The Morgan fingerprint density at radius 3 is 2.50 bits per heavy atom. The minimum atomic E-state index is -0.631. The molecule has 1 atom stereocenters. The molecule has 0 radical (unpaired) electrons. The predicted molar refractivity (Wildman–Crippen MR) is 87.9 cm³/mol. The molecule has 2 rings (SSSR count). The van der Waals surface area contributed by atoms with Crippen LogP contribution in [0.3, 0.4) is 0 Å². The number of esters is 1. The third kappa shape index (κ3) is 3.61. The summed E-state index contributed by atoms with van der Waals surface area (Å²) in [5, 5.41) is 5.32. The van der Waals surface area contributed by atoms with Crippen molar-refractivity contribution in [2.75, 3.05) is 14.2 Å². The standard InChI is InChI=1S/C17H22N2O5/c1-9(2)24-12-7-6-11(8-13(12)22-4)15-14(16(20)23-5)10(3)18-17(21)19-15/h6-9,15H,1-5H3,(H2,18,19,21)/t15-/m0/s1. The topological polar surface area (TPSA) is 85.9 Å². The average molecular weight is 334 g/mol. The van der Waals surface area contributed by atoms with Crippen LogP contribution in [0.4, 0.5) is 4.79 Å². The van der Waals surface area contributed by atoms with Gasteiger partial charge in [-0.25, -0.2) is 9.59 Å². The van der Waals surface area contributed by atoms with E-state index in [0.29, 0.717) is 28.3 Å². The van der Waals surface area contributed by atoms with Gasteiger partial charge < -0.3 is 24.8 Å². The van der Waals surface area contributed by atoms with E-state index < -0.39 is 12.0 Å². The predicted octanol–water partition coefficient (Wildman–Crippen LogP) is 2.28. The van der Waals surface area contributed by atoms with Crippen molar-refractivity contribution >= 4 is 12.0 Å². The summed E-state index contributed by atoms with van der Waals surface area (Å²) in [6, 6.07) is 4.27. The lowest BCUT2D eigenvalue weighted by Gasteiger charge is -2.28. The van der Waals surface area contributed by atoms with Crippen molar-refractivity contribution in [3.63, 3.8) is 0 Å². The highest BCUT2D eigenvalue weighted by Gasteiger charge is 2.32. The third-order valence-corrected chi connectivity index (χ3v) is 3.56. The lowest BCUT2D eigenvalue weighted by molar-refractivity contribution is -0.136. The van der Waals surface area contributed by atoms with Crippen LogP contribution in [0, 0.1) is 0 Å². The van der Waals surface area contributed by atoms with E-state index in [1.165, 1.54) is 14.2 Å². The van der Waals surface area contributed by atoms with E-state index in [2.05, 4.69) is 10.6 Å². The Morgan fingerprint density at radius 2 is 1.92 bits per heavy atom. The van der Waals surface area contributed by atoms with Gasteiger partial charge in [-0.05, 0) is 38.5 Å². The number of carbonyl (C=O) groups is 2. The van der Waals surface area contributed by atoms with Crippen molar-refractivity contribution in [1.29, 1.82) is 0 Å². The van der Waals surface area contributed by atoms with Crippen LogP contribution >= 0.6 is 0 Å². The van der Waals surface area contributed by atoms with Crippen molar-refractivity contribution in [2.24, 2.45) is 0 Å². The Morgan fingerprint density at radius 1 is 1.21 bits per heavy atom. The minimum absolute atomic E-state index is 0.00361. The molecular formula is C17H22N2O5. The van der Waals surface area contributed by atoms with Crippen LogP contribution in [-0.4, -0.2) is 32.3 Å². The number of benzene rings is 1. The van der Waals surface area contributed by atoms with E-state index in [1.807, 2.05) is 13.8 Å². The normalized spacial score (nSPS) is 17.2. The average Bonchev–Trinajstić information content (AvgIpc) is 2.53. The molecule has 0 saturated heterocycles. The van der Waals surface area contributed by atoms with Crippen LogP contribution < -0.4 is 20.1 Å². The maximum absolute atomic E-state index is 12.1. The maximum Gasteiger partial charge on any atom is 0.337 e. The first-order chi connectivity index (χ1) is 11.4. The smallest absolute Gasteiger partial charge is 0.337 e. The second kappa shape index (κ2) is 7.25. The van der Waals surface area contributed by atoms with Crippen LogP contribution in [0.25, 0.3) is 0 Å². The second-order valence-electron chi connectivity index (χ2n) is 5.64. The number of hydrogen-bond donors (Lipinski definition) is 2. The lowest BCUT2D eigenvalue weighted by Crippen LogP contribution is -2.45. The van der Waals surface area contributed by atoms with Gasteiger partial charge in [0.05, 0.1) is 31.9 Å². The number of carbonyl (C=O) groups excluding carboxylic acids is 2. The van der Waals surface area contributed by atoms with Gasteiger partial charge in [-0.3, -0.25) is 0 Å². The van der Waals surface area contributed by atoms with Crippen LogP contribution in [0.1, 0.15) is 32.4 Å². The van der Waals surface area contributed by atoms with Crippen molar-refractivity contribution in [3.05, 3.63) is 35.0 Å². The zero-order valence-corrected chi connectivity index (χ0v) is 14.4. The fraction of sp³-hybridized carbons (Fsp3) is 0.412. The van der Waals surface area contributed by atoms with E-state index in [4.69, 9.17) is 14.2 Å². The van der Waals surface area contributed by atoms with Crippen LogP contribution in [0.5, 0.6) is 11.5 Å². The summed E-state index contributed by atoms with van der Waals surface area (Å²) >= 11 is 0. The molecule has 1 aromatic rings. The fourth-order valence-corrected chi connectivity index (χ4v) is 2.54. The molecule has 2 N–H and O–H groups in total. The number of nitrogens with one attached hydrogen (secondary N) is 2. The number of allylic oxidation sites excluding steroid dienone is 1. The number of rotatable bonds is 5. The zero-order valence-electron chi connectivity index (χ0n) is 14.4. The molecule has 1 aliphatic heterocycles. The van der Waals surface area contributed by atoms with Crippen molar-refractivity contribution in [2.45, 2.75) is 32.9 Å². The molecule has 24 heavy (non-hydrogen) atoms. The Bertz CT molecular complexity index is 682. The first-order valence-electron chi connectivity index (χ1n) is 7.58. The highest BCUT2D eigenvalue weighted by Crippen LogP contribution is 2.34. The molecule has 0 spiro atoms. The summed E-state index contributed by atoms with van der Waals surface area (Å²) in [4.78, 5) is 23.9. The van der Waals surface area contributed by atoms with Gasteiger partial charge in [0.15, 0.2) is 11.5 Å². The van der Waals surface area contributed by atoms with E-state index in [1.54, 1.807) is 25.1 Å². The van der Waals surface area contributed by atoms with Gasteiger partial charge in [0, 0.05) is 5.70 Å². The number of amides is 2. The number of urea groups is 1. The Kier molecular flexibility index (Phi) is 5.33. The molecule has 0 bridgehead atoms. The number of ether oxygens (including phenoxy) is 3. The van der Waals surface area contributed by atoms with Crippen molar-refractivity contribution < 1.29 is 23.8 Å². The number of methoxy groups -OCH3 is 2. The molecule has 130 valence electrons. The second-order valence-corrected chi connectivity index (χ2v) is 5.64. The van der Waals surface area contributed by atoms with Gasteiger partial charge in [-0.2, -0.15) is 0 Å². The van der Waals surface area contributed by atoms with Gasteiger partial charge in [-0.15, -0.1) is 0 Å². The van der Waals surface area contributed by atoms with Crippen molar-refractivity contribution in [3.8, 4) is 11.5 Å². The molecule has 0 unspecified atom stereocenters. The SMILES string of the molecule is COC(=O)C1=C(C)NC(=O)N[C@H]1c1ccc(OC(C)C)c(OC)c1. The van der Waals surface area contributed by atoms with E-state index >= 15 is 0 Å². The molecule has 1 heterocycles. The molecular weight excluding hydrogens is 312 g/mol. The molecule has 7 heteroatoms. The van der Waals surface area contributed by atoms with Crippen LogP contribution in [0.2, 0.25) is 0 Å².